The van der Waals surface area contributed by atoms with E-state index in [4.69, 9.17) is 4.99 Å². The molecule has 2 aliphatic rings. The van der Waals surface area contributed by atoms with Gasteiger partial charge in [0.05, 0.1) is 0 Å². The number of hydrogen-bond donors (Lipinski definition) is 2. The molecule has 2 N–H and O–H groups in total. The number of aromatic nitrogens is 3. The molecule has 27 heavy (non-hydrogen) atoms. The van der Waals surface area contributed by atoms with Gasteiger partial charge in [0, 0.05) is 38.8 Å². The van der Waals surface area contributed by atoms with Gasteiger partial charge in [-0.2, -0.15) is 0 Å². The van der Waals surface area contributed by atoms with Gasteiger partial charge >= 0.3 is 0 Å². The van der Waals surface area contributed by atoms with Crippen LogP contribution in [0.3, 0.4) is 0 Å². The average Bonchev–Trinajstić information content (AvgIpc) is 3.25. The van der Waals surface area contributed by atoms with Crippen molar-refractivity contribution < 1.29 is 0 Å². The molecule has 2 fully saturated rings. The zero-order chi connectivity index (χ0) is 19.2. The van der Waals surface area contributed by atoms with Crippen molar-refractivity contribution in [2.45, 2.75) is 71.0 Å². The summed E-state index contributed by atoms with van der Waals surface area (Å²) in [5.41, 5.74) is 1.24. The monoisotopic (exact) mass is 373 g/mol. The average molecular weight is 374 g/mol. The Balaban J connectivity index is 1.59. The molecule has 1 saturated heterocycles. The number of rotatable bonds is 6. The number of nitrogens with zero attached hydrogens (tertiary/aromatic N) is 5. The Hall–Kier alpha value is -1.89. The van der Waals surface area contributed by atoms with Crippen LogP contribution in [0.4, 0.5) is 0 Å². The van der Waals surface area contributed by atoms with Crippen molar-refractivity contribution in [3.05, 3.63) is 23.8 Å². The molecule has 0 unspecified atom stereocenters. The number of hydrogen-bond acceptors (Lipinski definition) is 4. The highest BCUT2D eigenvalue weighted by molar-refractivity contribution is 5.80. The SMILES string of the molecule is C=C(C)CN1CCC(NC(=NCc2nnc(C)n2C)NC2CCCC2)CC1. The molecule has 7 heteroatoms. The lowest BCUT2D eigenvalue weighted by molar-refractivity contribution is 0.220. The van der Waals surface area contributed by atoms with Gasteiger partial charge in [-0.15, -0.1) is 10.2 Å². The first-order valence-electron chi connectivity index (χ1n) is 10.3. The fourth-order valence-corrected chi connectivity index (χ4v) is 3.95. The number of aliphatic imine (C=N–C) groups is 1. The van der Waals surface area contributed by atoms with Gasteiger partial charge in [-0.05, 0) is 39.5 Å². The molecule has 0 radical (unpaired) electrons. The molecule has 1 aromatic heterocycles. The summed E-state index contributed by atoms with van der Waals surface area (Å²) < 4.78 is 2.01. The highest BCUT2D eigenvalue weighted by Crippen LogP contribution is 2.18. The van der Waals surface area contributed by atoms with E-state index >= 15 is 0 Å². The van der Waals surface area contributed by atoms with Gasteiger partial charge in [0.2, 0.25) is 0 Å². The Morgan fingerprint density at radius 1 is 1.11 bits per heavy atom. The second kappa shape index (κ2) is 9.35. The standard InChI is InChI=1S/C20H35N7/c1-15(2)14-27-11-9-18(10-12-27)23-20(22-17-7-5-6-8-17)21-13-19-25-24-16(3)26(19)4/h17-18H,1,5-14H2,2-4H3,(H2,21,22,23). The minimum Gasteiger partial charge on any atom is -0.354 e. The first-order chi connectivity index (χ1) is 13.0. The highest BCUT2D eigenvalue weighted by Gasteiger charge is 2.22. The molecule has 0 aromatic carbocycles. The molecule has 0 amide bonds. The fraction of sp³-hybridized carbons (Fsp3) is 0.750. The minimum atomic E-state index is 0.472. The van der Waals surface area contributed by atoms with Gasteiger partial charge in [0.1, 0.15) is 12.4 Å². The largest absolute Gasteiger partial charge is 0.354 e. The van der Waals surface area contributed by atoms with Crippen molar-refractivity contribution in [3.63, 3.8) is 0 Å². The third-order valence-electron chi connectivity index (χ3n) is 5.68. The van der Waals surface area contributed by atoms with Crippen molar-refractivity contribution >= 4 is 5.96 Å². The van der Waals surface area contributed by atoms with Crippen LogP contribution < -0.4 is 10.6 Å². The molecule has 1 saturated carbocycles. The van der Waals surface area contributed by atoms with Gasteiger partial charge in [-0.3, -0.25) is 4.90 Å². The fourth-order valence-electron chi connectivity index (χ4n) is 3.95. The maximum atomic E-state index is 4.84. The second-order valence-electron chi connectivity index (χ2n) is 8.16. The smallest absolute Gasteiger partial charge is 0.192 e. The van der Waals surface area contributed by atoms with Crippen LogP contribution in [0.2, 0.25) is 0 Å². The molecular formula is C20H35N7. The van der Waals surface area contributed by atoms with Gasteiger partial charge < -0.3 is 15.2 Å². The molecule has 1 aromatic rings. The Bertz CT molecular complexity index is 649. The van der Waals surface area contributed by atoms with E-state index in [1.165, 1.54) is 31.3 Å². The van der Waals surface area contributed by atoms with E-state index in [1.54, 1.807) is 0 Å². The minimum absolute atomic E-state index is 0.472. The van der Waals surface area contributed by atoms with Crippen LogP contribution in [0.25, 0.3) is 0 Å². The van der Waals surface area contributed by atoms with Crippen LogP contribution in [0.5, 0.6) is 0 Å². The van der Waals surface area contributed by atoms with Gasteiger partial charge in [-0.25, -0.2) is 4.99 Å². The molecule has 3 rings (SSSR count). The van der Waals surface area contributed by atoms with Crippen LogP contribution in [0.15, 0.2) is 17.1 Å². The number of piperidine rings is 1. The maximum absolute atomic E-state index is 4.84. The van der Waals surface area contributed by atoms with E-state index in [0.29, 0.717) is 18.6 Å². The van der Waals surface area contributed by atoms with Crippen molar-refractivity contribution in [1.82, 2.24) is 30.3 Å². The topological polar surface area (TPSA) is 70.4 Å². The molecule has 7 nitrogen and oxygen atoms in total. The molecular weight excluding hydrogens is 338 g/mol. The molecule has 2 heterocycles. The molecule has 1 aliphatic carbocycles. The first-order valence-corrected chi connectivity index (χ1v) is 10.3. The van der Waals surface area contributed by atoms with E-state index in [2.05, 4.69) is 39.2 Å². The highest BCUT2D eigenvalue weighted by atomic mass is 15.3. The number of nitrogens with one attached hydrogen (secondary N) is 2. The van der Waals surface area contributed by atoms with E-state index < -0.39 is 0 Å². The lowest BCUT2D eigenvalue weighted by Crippen LogP contribution is -2.50. The zero-order valence-corrected chi connectivity index (χ0v) is 17.2. The number of guanidine groups is 1. The predicted molar refractivity (Wildman–Crippen MR) is 110 cm³/mol. The summed E-state index contributed by atoms with van der Waals surface area (Å²) in [6, 6.07) is 1.02. The molecule has 0 atom stereocenters. The summed E-state index contributed by atoms with van der Waals surface area (Å²) in [5, 5.41) is 15.7. The third-order valence-corrected chi connectivity index (χ3v) is 5.68. The van der Waals surface area contributed by atoms with Crippen LogP contribution in [-0.2, 0) is 13.6 Å². The third kappa shape index (κ3) is 5.79. The van der Waals surface area contributed by atoms with Gasteiger partial charge in [0.25, 0.3) is 0 Å². The molecule has 150 valence electrons. The van der Waals surface area contributed by atoms with Crippen LogP contribution in [-0.4, -0.2) is 57.3 Å². The summed E-state index contributed by atoms with van der Waals surface area (Å²) in [5.74, 6) is 2.75. The van der Waals surface area contributed by atoms with E-state index in [9.17, 15) is 0 Å². The zero-order valence-electron chi connectivity index (χ0n) is 17.2. The second-order valence-corrected chi connectivity index (χ2v) is 8.16. The molecule has 0 bridgehead atoms. The molecule has 0 spiro atoms. The number of aryl methyl sites for hydroxylation is 1. The van der Waals surface area contributed by atoms with Gasteiger partial charge in [-0.1, -0.05) is 25.0 Å². The Morgan fingerprint density at radius 3 is 2.30 bits per heavy atom. The normalized spacial score (nSPS) is 20.2. The Kier molecular flexibility index (Phi) is 6.88. The van der Waals surface area contributed by atoms with Crippen LogP contribution >= 0.6 is 0 Å². The van der Waals surface area contributed by atoms with Crippen molar-refractivity contribution in [2.24, 2.45) is 12.0 Å². The van der Waals surface area contributed by atoms with Crippen molar-refractivity contribution in [2.75, 3.05) is 19.6 Å². The van der Waals surface area contributed by atoms with E-state index in [1.807, 2.05) is 18.5 Å². The summed E-state index contributed by atoms with van der Waals surface area (Å²) >= 11 is 0. The van der Waals surface area contributed by atoms with Crippen LogP contribution in [0, 0.1) is 6.92 Å². The van der Waals surface area contributed by atoms with Crippen molar-refractivity contribution in [1.29, 1.82) is 0 Å². The maximum Gasteiger partial charge on any atom is 0.192 e. The first kappa shape index (κ1) is 19.9. The molecule has 1 aliphatic heterocycles. The van der Waals surface area contributed by atoms with Gasteiger partial charge in [0.15, 0.2) is 11.8 Å². The van der Waals surface area contributed by atoms with Crippen LogP contribution in [0.1, 0.15) is 57.1 Å². The van der Waals surface area contributed by atoms with E-state index in [0.717, 1.165) is 50.1 Å². The van der Waals surface area contributed by atoms with E-state index in [-0.39, 0.29) is 0 Å². The quantitative estimate of drug-likeness (QED) is 0.454. The lowest BCUT2D eigenvalue weighted by atomic mass is 10.0. The Morgan fingerprint density at radius 2 is 1.74 bits per heavy atom. The predicted octanol–water partition coefficient (Wildman–Crippen LogP) is 2.14. The summed E-state index contributed by atoms with van der Waals surface area (Å²) in [4.78, 5) is 7.33. The van der Waals surface area contributed by atoms with Crippen molar-refractivity contribution in [3.8, 4) is 0 Å². The lowest BCUT2D eigenvalue weighted by Gasteiger charge is -2.33. The summed E-state index contributed by atoms with van der Waals surface area (Å²) in [6.07, 6.45) is 7.38. The number of likely N-dealkylation sites (tertiary alicyclic amines) is 1. The summed E-state index contributed by atoms with van der Waals surface area (Å²) in [6.45, 7) is 11.9. The summed E-state index contributed by atoms with van der Waals surface area (Å²) in [7, 11) is 2.00. The Labute approximate surface area is 163 Å².